The highest BCUT2D eigenvalue weighted by Crippen LogP contribution is 2.46. The molecule has 0 spiro atoms. The first-order valence-electron chi connectivity index (χ1n) is 5.59. The molecule has 112 valence electrons. The third-order valence-electron chi connectivity index (χ3n) is 2.39. The third kappa shape index (κ3) is 5.60. The minimum absolute atomic E-state index is 0.529. The molecule has 0 fully saturated rings. The summed E-state index contributed by atoms with van der Waals surface area (Å²) in [7, 11) is 0. The Morgan fingerprint density at radius 2 is 1.19 bits per heavy atom. The van der Waals surface area contributed by atoms with Gasteiger partial charge in [-0.1, -0.05) is 126 Å². The van der Waals surface area contributed by atoms with Crippen molar-refractivity contribution in [2.24, 2.45) is 0 Å². The van der Waals surface area contributed by atoms with Gasteiger partial charge in [-0.05, 0) is 5.56 Å². The molecular formula is C12H7Br6N3. The number of halogens is 6. The van der Waals surface area contributed by atoms with Crippen molar-refractivity contribution >= 4 is 95.6 Å². The lowest BCUT2D eigenvalue weighted by molar-refractivity contribution is 0.820. The largest absolute Gasteiger partial charge is 0.214 e. The van der Waals surface area contributed by atoms with Gasteiger partial charge < -0.3 is 0 Å². The summed E-state index contributed by atoms with van der Waals surface area (Å²) in [5, 5.41) is 0. The fourth-order valence-corrected chi connectivity index (χ4v) is 2.59. The van der Waals surface area contributed by atoms with E-state index in [4.69, 9.17) is 0 Å². The van der Waals surface area contributed by atoms with Crippen molar-refractivity contribution < 1.29 is 0 Å². The van der Waals surface area contributed by atoms with Gasteiger partial charge in [-0.3, -0.25) is 0 Å². The van der Waals surface area contributed by atoms with E-state index in [9.17, 15) is 0 Å². The van der Waals surface area contributed by atoms with E-state index >= 15 is 0 Å². The van der Waals surface area contributed by atoms with Crippen molar-refractivity contribution in [3.05, 3.63) is 53.4 Å². The maximum atomic E-state index is 4.49. The summed E-state index contributed by atoms with van der Waals surface area (Å²) in [5.41, 5.74) is 1.13. The molecule has 1 heterocycles. The second-order valence-electron chi connectivity index (χ2n) is 4.06. The van der Waals surface area contributed by atoms with E-state index in [1.165, 1.54) is 0 Å². The van der Waals surface area contributed by atoms with Gasteiger partial charge in [0.1, 0.15) is 5.82 Å². The zero-order valence-corrected chi connectivity index (χ0v) is 19.7. The van der Waals surface area contributed by atoms with E-state index in [0.717, 1.165) is 5.56 Å². The molecular weight excluding hydrogens is 666 g/mol. The molecule has 0 saturated heterocycles. The summed E-state index contributed by atoms with van der Waals surface area (Å²) in [6, 6.07) is 10.0. The van der Waals surface area contributed by atoms with Crippen LogP contribution in [0, 0.1) is 0 Å². The molecule has 0 aliphatic rings. The fraction of sp³-hybridized carbons (Fsp3) is 0.250. The Labute approximate surface area is 172 Å². The summed E-state index contributed by atoms with van der Waals surface area (Å²) < 4.78 is -1.40. The number of rotatable bonds is 2. The first kappa shape index (κ1) is 18.4. The van der Waals surface area contributed by atoms with Crippen molar-refractivity contribution in [3.8, 4) is 0 Å². The van der Waals surface area contributed by atoms with E-state index in [1.54, 1.807) is 0 Å². The molecule has 2 aromatic rings. The average molecular weight is 673 g/mol. The molecule has 0 aliphatic carbocycles. The maximum absolute atomic E-state index is 4.49. The van der Waals surface area contributed by atoms with Crippen LogP contribution in [0.2, 0.25) is 0 Å². The van der Waals surface area contributed by atoms with E-state index in [1.807, 2.05) is 30.3 Å². The van der Waals surface area contributed by atoms with Crippen molar-refractivity contribution in [2.75, 3.05) is 0 Å². The molecule has 0 radical (unpaired) electrons. The summed E-state index contributed by atoms with van der Waals surface area (Å²) >= 11 is 20.7. The van der Waals surface area contributed by atoms with Crippen molar-refractivity contribution in [3.63, 3.8) is 0 Å². The molecule has 3 nitrogen and oxygen atoms in total. The molecule has 0 N–H and O–H groups in total. The van der Waals surface area contributed by atoms with Gasteiger partial charge >= 0.3 is 0 Å². The Morgan fingerprint density at radius 3 is 1.62 bits per heavy atom. The molecule has 0 bridgehead atoms. The predicted octanol–water partition coefficient (Wildman–Crippen LogP) is 6.05. The van der Waals surface area contributed by atoms with Gasteiger partial charge in [0.25, 0.3) is 0 Å². The second-order valence-corrected chi connectivity index (χ2v) is 17.6. The van der Waals surface area contributed by atoms with Crippen LogP contribution >= 0.6 is 95.6 Å². The van der Waals surface area contributed by atoms with Gasteiger partial charge in [0.05, 0.1) is 0 Å². The number of nitrogens with zero attached hydrogens (tertiary/aromatic N) is 3. The molecule has 21 heavy (non-hydrogen) atoms. The summed E-state index contributed by atoms with van der Waals surface area (Å²) in [6.07, 6.45) is 0.621. The highest BCUT2D eigenvalue weighted by Gasteiger charge is 2.31. The molecule has 0 amide bonds. The third-order valence-corrected chi connectivity index (χ3v) is 4.52. The lowest BCUT2D eigenvalue weighted by Crippen LogP contribution is -2.17. The number of aromatic nitrogens is 3. The number of alkyl halides is 6. The Bertz CT molecular complexity index is 589. The van der Waals surface area contributed by atoms with Crippen LogP contribution in [0.5, 0.6) is 0 Å². The van der Waals surface area contributed by atoms with Crippen LogP contribution in [0.3, 0.4) is 0 Å². The lowest BCUT2D eigenvalue weighted by atomic mass is 10.1. The highest BCUT2D eigenvalue weighted by molar-refractivity contribution is 9.39. The van der Waals surface area contributed by atoms with Crippen LogP contribution in [0.15, 0.2) is 30.3 Å². The first-order chi connectivity index (χ1) is 9.66. The summed E-state index contributed by atoms with van der Waals surface area (Å²) in [4.78, 5) is 13.4. The van der Waals surface area contributed by atoms with Crippen LogP contribution in [0.25, 0.3) is 0 Å². The van der Waals surface area contributed by atoms with Crippen LogP contribution in [-0.4, -0.2) is 15.0 Å². The monoisotopic (exact) mass is 667 g/mol. The molecule has 0 aliphatic heterocycles. The van der Waals surface area contributed by atoms with E-state index in [0.29, 0.717) is 23.9 Å². The Balaban J connectivity index is 2.45. The lowest BCUT2D eigenvalue weighted by Gasteiger charge is -2.16. The van der Waals surface area contributed by atoms with Crippen LogP contribution in [0.1, 0.15) is 23.0 Å². The minimum Gasteiger partial charge on any atom is -0.214 e. The van der Waals surface area contributed by atoms with Crippen LogP contribution in [0.4, 0.5) is 0 Å². The van der Waals surface area contributed by atoms with Crippen molar-refractivity contribution in [1.29, 1.82) is 0 Å². The molecule has 1 aromatic carbocycles. The quantitative estimate of drug-likeness (QED) is 0.365. The SMILES string of the molecule is BrC(Br)(Br)c1nc(Cc2ccccc2)nc(C(Br)(Br)Br)n1. The predicted molar refractivity (Wildman–Crippen MR) is 106 cm³/mol. The topological polar surface area (TPSA) is 38.7 Å². The normalized spacial score (nSPS) is 12.5. The summed E-state index contributed by atoms with van der Waals surface area (Å²) in [6.45, 7) is 0. The minimum atomic E-state index is -0.700. The molecule has 0 unspecified atom stereocenters. The zero-order chi connectivity index (χ0) is 15.7. The molecule has 9 heteroatoms. The Hall–Kier alpha value is 1.11. The smallest absolute Gasteiger partial charge is 0.194 e. The number of hydrogen-bond acceptors (Lipinski definition) is 3. The molecule has 0 saturated carbocycles. The van der Waals surface area contributed by atoms with E-state index < -0.39 is 4.29 Å². The molecule has 1 aromatic heterocycles. The maximum Gasteiger partial charge on any atom is 0.194 e. The van der Waals surface area contributed by atoms with Gasteiger partial charge in [-0.25, -0.2) is 15.0 Å². The fourth-order valence-electron chi connectivity index (χ4n) is 1.53. The zero-order valence-electron chi connectivity index (χ0n) is 10.2. The molecule has 2 rings (SSSR count). The van der Waals surface area contributed by atoms with Crippen molar-refractivity contribution in [2.45, 2.75) is 10.7 Å². The van der Waals surface area contributed by atoms with Crippen molar-refractivity contribution in [1.82, 2.24) is 15.0 Å². The van der Waals surface area contributed by atoms with Gasteiger partial charge in [-0.2, -0.15) is 0 Å². The summed E-state index contributed by atoms with van der Waals surface area (Å²) in [5.74, 6) is 1.73. The average Bonchev–Trinajstić information content (AvgIpc) is 2.37. The van der Waals surface area contributed by atoms with Gasteiger partial charge in [-0.15, -0.1) is 0 Å². The highest BCUT2D eigenvalue weighted by atomic mass is 80.0. The Morgan fingerprint density at radius 1 is 0.714 bits per heavy atom. The van der Waals surface area contributed by atoms with Gasteiger partial charge in [0.15, 0.2) is 15.9 Å². The van der Waals surface area contributed by atoms with E-state index in [2.05, 4.69) is 111 Å². The number of hydrogen-bond donors (Lipinski definition) is 0. The number of benzene rings is 1. The van der Waals surface area contributed by atoms with Crippen LogP contribution in [-0.2, 0) is 10.7 Å². The molecule has 0 atom stereocenters. The standard InChI is InChI=1S/C12H7Br6N3/c13-11(14,15)9-19-8(6-7-4-2-1-3-5-7)20-10(21-9)12(16,17)18/h1-5H,6H2. The Kier molecular flexibility index (Phi) is 6.45. The first-order valence-corrected chi connectivity index (χ1v) is 10.4. The second kappa shape index (κ2) is 7.34. The van der Waals surface area contributed by atoms with E-state index in [-0.39, 0.29) is 0 Å². The van der Waals surface area contributed by atoms with Gasteiger partial charge in [0.2, 0.25) is 0 Å². The van der Waals surface area contributed by atoms with Crippen LogP contribution < -0.4 is 0 Å². The van der Waals surface area contributed by atoms with Gasteiger partial charge in [0, 0.05) is 6.42 Å².